The van der Waals surface area contributed by atoms with Crippen LogP contribution in [0.4, 0.5) is 0 Å². The Morgan fingerprint density at radius 2 is 1.28 bits per heavy atom. The summed E-state index contributed by atoms with van der Waals surface area (Å²) in [4.78, 5) is 23.8. The van der Waals surface area contributed by atoms with Crippen molar-refractivity contribution in [3.05, 3.63) is 208 Å². The Balaban J connectivity index is 1.37. The molecule has 6 aromatic carbocycles. The zero-order valence-electron chi connectivity index (χ0n) is 34.4. The average molecular weight is 793 g/mol. The second-order valence-corrected chi connectivity index (χ2v) is 14.9. The van der Waals surface area contributed by atoms with Crippen LogP contribution in [0.1, 0.15) is 71.3 Å². The molecule has 0 bridgehead atoms. The van der Waals surface area contributed by atoms with Crippen molar-refractivity contribution < 1.29 is 14.4 Å². The third-order valence-electron chi connectivity index (χ3n) is 11.4. The molecule has 0 amide bonds. The van der Waals surface area contributed by atoms with E-state index in [4.69, 9.17) is 24.9 Å². The van der Waals surface area contributed by atoms with E-state index in [1.807, 2.05) is 46.1 Å². The summed E-state index contributed by atoms with van der Waals surface area (Å²) in [6.07, 6.45) is 3.18. The zero-order valence-corrected chi connectivity index (χ0v) is 34.4. The highest BCUT2D eigenvalue weighted by atomic mass is 16.7. The molecule has 7 aromatic rings. The molecule has 0 aliphatic carbocycles. The number of nitrogens with zero attached hydrogens (tertiary/aromatic N) is 6. The third-order valence-corrected chi connectivity index (χ3v) is 11.4. The van der Waals surface area contributed by atoms with Crippen molar-refractivity contribution in [3.8, 4) is 22.5 Å². The molecule has 1 atom stereocenters. The van der Waals surface area contributed by atoms with Gasteiger partial charge in [0.05, 0.1) is 25.5 Å². The second kappa shape index (κ2) is 17.9. The molecule has 1 aliphatic heterocycles. The summed E-state index contributed by atoms with van der Waals surface area (Å²) in [7, 11) is 3.10. The minimum atomic E-state index is -0.947. The number of carbonyl (C=O) groups is 1. The number of tetrazole rings is 1. The van der Waals surface area contributed by atoms with Crippen LogP contribution in [0.15, 0.2) is 180 Å². The Morgan fingerprint density at radius 1 is 0.700 bits per heavy atom. The predicted octanol–water partition coefficient (Wildman–Crippen LogP) is 10.3. The van der Waals surface area contributed by atoms with Gasteiger partial charge in [-0.1, -0.05) is 159 Å². The Bertz CT molecular complexity index is 2510. The lowest BCUT2D eigenvalue weighted by Gasteiger charge is -2.37. The number of methoxy groups -OCH3 is 1. The normalized spacial score (nSPS) is 14.2. The van der Waals surface area contributed by atoms with Gasteiger partial charge in [0.1, 0.15) is 11.7 Å². The smallest absolute Gasteiger partial charge is 0.337 e. The van der Waals surface area contributed by atoms with Gasteiger partial charge in [0.2, 0.25) is 0 Å². The Labute approximate surface area is 351 Å². The fourth-order valence-electron chi connectivity index (χ4n) is 8.41. The number of carbonyl (C=O) groups excluding carboxylic acids is 1. The number of esters is 1. The van der Waals surface area contributed by atoms with Crippen LogP contribution in [0.5, 0.6) is 0 Å². The molecule has 0 saturated carbocycles. The minimum Gasteiger partial charge on any atom is -0.465 e. The molecule has 8 rings (SSSR count). The van der Waals surface area contributed by atoms with Crippen LogP contribution in [0.2, 0.25) is 0 Å². The van der Waals surface area contributed by atoms with E-state index >= 15 is 0 Å². The molecular weight excluding hydrogens is 745 g/mol. The van der Waals surface area contributed by atoms with Crippen LogP contribution in [0.25, 0.3) is 22.5 Å². The van der Waals surface area contributed by atoms with Crippen LogP contribution in [-0.4, -0.2) is 57.3 Å². The molecule has 1 aliphatic rings. The maximum absolute atomic E-state index is 12.3. The number of aliphatic imine (C=N–C) groups is 1. The topological polar surface area (TPSA) is 94.7 Å². The number of ether oxygens (including phenoxy) is 1. The molecule has 9 nitrogen and oxygen atoms in total. The summed E-state index contributed by atoms with van der Waals surface area (Å²) in [5, 5.41) is 16.2. The van der Waals surface area contributed by atoms with Crippen molar-refractivity contribution in [2.24, 2.45) is 4.99 Å². The highest BCUT2D eigenvalue weighted by Gasteiger charge is 2.42. The van der Waals surface area contributed by atoms with E-state index in [1.54, 1.807) is 19.2 Å². The maximum atomic E-state index is 12.3. The number of rotatable bonds is 14. The van der Waals surface area contributed by atoms with Gasteiger partial charge in [0, 0.05) is 28.8 Å². The number of allylic oxidation sites excluding steroid dienone is 2. The largest absolute Gasteiger partial charge is 0.465 e. The van der Waals surface area contributed by atoms with E-state index in [9.17, 15) is 4.79 Å². The number of hydrogen-bond acceptors (Lipinski definition) is 8. The monoisotopic (exact) mass is 792 g/mol. The molecular formula is C51H48N6O3. The molecule has 60 heavy (non-hydrogen) atoms. The molecule has 300 valence electrons. The van der Waals surface area contributed by atoms with Crippen molar-refractivity contribution in [1.82, 2.24) is 25.3 Å². The molecule has 1 unspecified atom stereocenters. The summed E-state index contributed by atoms with van der Waals surface area (Å²) < 4.78 is 6.96. The van der Waals surface area contributed by atoms with Crippen LogP contribution < -0.4 is 0 Å². The minimum absolute atomic E-state index is 0.222. The van der Waals surface area contributed by atoms with Gasteiger partial charge in [-0.05, 0) is 81.8 Å². The molecule has 0 N–H and O–H groups in total. The molecule has 0 radical (unpaired) electrons. The molecule has 9 heteroatoms. The number of aromatic nitrogens is 4. The lowest BCUT2D eigenvalue weighted by molar-refractivity contribution is -0.133. The van der Waals surface area contributed by atoms with Gasteiger partial charge in [-0.2, -0.15) is 0 Å². The van der Waals surface area contributed by atoms with E-state index in [2.05, 4.69) is 134 Å². The summed E-state index contributed by atoms with van der Waals surface area (Å²) in [6, 6.07) is 55.8. The van der Waals surface area contributed by atoms with Gasteiger partial charge < -0.3 is 4.74 Å². The quantitative estimate of drug-likeness (QED) is 0.0799. The van der Waals surface area contributed by atoms with E-state index in [0.717, 1.165) is 80.8 Å². The lowest BCUT2D eigenvalue weighted by Crippen LogP contribution is -2.39. The number of hydroxylamine groups is 2. The van der Waals surface area contributed by atoms with Gasteiger partial charge >= 0.3 is 5.97 Å². The van der Waals surface area contributed by atoms with Crippen molar-refractivity contribution in [1.29, 1.82) is 0 Å². The fourth-order valence-corrected chi connectivity index (χ4v) is 8.41. The zero-order chi connectivity index (χ0) is 41.5. The van der Waals surface area contributed by atoms with Crippen molar-refractivity contribution in [2.45, 2.75) is 51.2 Å². The van der Waals surface area contributed by atoms with Gasteiger partial charge in [0.25, 0.3) is 0 Å². The Morgan fingerprint density at radius 3 is 1.83 bits per heavy atom. The van der Waals surface area contributed by atoms with Crippen LogP contribution >= 0.6 is 0 Å². The Kier molecular flexibility index (Phi) is 11.9. The standard InChI is InChI=1S/C51H48N6O3/c1-5-6-27-47-52-48(45(36(2)56(47)60-4)34-37-28-30-39(31-29-37)50(58)59-3)40-32-33-44(38-19-11-7-12-20-38)46(35-40)49-53-54-55-57(49)51(41-21-13-8-14-22-41,42-23-15-9-16-24-42)43-25-17-10-18-26-43/h7-26,28-33,35,47H,5-6,27,34H2,1-4H3. The summed E-state index contributed by atoms with van der Waals surface area (Å²) >= 11 is 0. The SMILES string of the molecule is CCCCC1N=C(c2ccc(-c3ccccc3)c(-c3nnnn3C(c3ccccc3)(c3ccccc3)c3ccccc3)c2)C(Cc2ccc(C(=O)OC)cc2)=C(C)N1OC. The van der Waals surface area contributed by atoms with Crippen molar-refractivity contribution in [2.75, 3.05) is 14.2 Å². The number of hydrogen-bond donors (Lipinski definition) is 0. The average Bonchev–Trinajstić information content (AvgIpc) is 3.80. The Hall–Kier alpha value is -6.97. The van der Waals surface area contributed by atoms with Crippen molar-refractivity contribution in [3.63, 3.8) is 0 Å². The summed E-state index contributed by atoms with van der Waals surface area (Å²) in [5.41, 5.74) is 10.3. The first kappa shape index (κ1) is 39.8. The van der Waals surface area contributed by atoms with Gasteiger partial charge in [-0.15, -0.1) is 5.10 Å². The number of benzene rings is 6. The highest BCUT2D eigenvalue weighted by molar-refractivity contribution is 6.14. The van der Waals surface area contributed by atoms with Crippen LogP contribution in [0.3, 0.4) is 0 Å². The van der Waals surface area contributed by atoms with Gasteiger partial charge in [-0.3, -0.25) is 9.83 Å². The first-order chi connectivity index (χ1) is 29.5. The third kappa shape index (κ3) is 7.55. The second-order valence-electron chi connectivity index (χ2n) is 14.9. The lowest BCUT2D eigenvalue weighted by atomic mass is 9.76. The van der Waals surface area contributed by atoms with Gasteiger partial charge in [-0.25, -0.2) is 14.5 Å². The summed E-state index contributed by atoms with van der Waals surface area (Å²) in [6.45, 7) is 4.29. The molecule has 0 saturated heterocycles. The van der Waals surface area contributed by atoms with Crippen LogP contribution in [0, 0.1) is 0 Å². The first-order valence-electron chi connectivity index (χ1n) is 20.4. The van der Waals surface area contributed by atoms with Crippen molar-refractivity contribution >= 4 is 11.7 Å². The van der Waals surface area contributed by atoms with E-state index < -0.39 is 5.54 Å². The highest BCUT2D eigenvalue weighted by Crippen LogP contribution is 2.44. The van der Waals surface area contributed by atoms with Gasteiger partial charge in [0.15, 0.2) is 5.82 Å². The molecule has 1 aromatic heterocycles. The number of unbranched alkanes of at least 4 members (excludes halogenated alkanes) is 1. The van der Waals surface area contributed by atoms with E-state index in [1.165, 1.54) is 7.11 Å². The first-order valence-corrected chi connectivity index (χ1v) is 20.4. The van der Waals surface area contributed by atoms with Crippen LogP contribution in [-0.2, 0) is 21.5 Å². The molecule has 2 heterocycles. The maximum Gasteiger partial charge on any atom is 0.337 e. The fraction of sp³-hybridized carbons (Fsp3) is 0.196. The summed E-state index contributed by atoms with van der Waals surface area (Å²) in [5.74, 6) is 0.232. The molecule has 0 fully saturated rings. The predicted molar refractivity (Wildman–Crippen MR) is 236 cm³/mol. The molecule has 0 spiro atoms. The van der Waals surface area contributed by atoms with E-state index in [0.29, 0.717) is 17.8 Å². The van der Waals surface area contributed by atoms with E-state index in [-0.39, 0.29) is 12.1 Å².